The molecule has 1 aliphatic rings. The molecule has 0 spiro atoms. The fourth-order valence-corrected chi connectivity index (χ4v) is 1.72. The van der Waals surface area contributed by atoms with Crippen molar-refractivity contribution >= 4 is 5.91 Å². The maximum absolute atomic E-state index is 11.8. The van der Waals surface area contributed by atoms with Gasteiger partial charge >= 0.3 is 0 Å². The molecule has 0 bridgehead atoms. The van der Waals surface area contributed by atoms with Crippen molar-refractivity contribution in [1.82, 2.24) is 4.90 Å². The SMILES string of the molecule is O=C(c1cc(O)ccc1O)N1CC(CO)C1. The number of phenols is 2. The number of aliphatic hydroxyl groups excluding tert-OH is 1. The van der Waals surface area contributed by atoms with E-state index < -0.39 is 0 Å². The minimum Gasteiger partial charge on any atom is -0.508 e. The molecule has 1 amide bonds. The van der Waals surface area contributed by atoms with Crippen LogP contribution < -0.4 is 0 Å². The molecule has 0 radical (unpaired) electrons. The first kappa shape index (κ1) is 10.8. The minimum atomic E-state index is -0.321. The summed E-state index contributed by atoms with van der Waals surface area (Å²) in [5.74, 6) is -0.392. The number of nitrogens with zero attached hydrogens (tertiary/aromatic N) is 1. The van der Waals surface area contributed by atoms with Gasteiger partial charge < -0.3 is 20.2 Å². The van der Waals surface area contributed by atoms with Crippen molar-refractivity contribution in [3.05, 3.63) is 23.8 Å². The Morgan fingerprint density at radius 1 is 1.38 bits per heavy atom. The number of phenolic OH excluding ortho intramolecular Hbond substituents is 2. The molecule has 1 fully saturated rings. The monoisotopic (exact) mass is 223 g/mol. The number of benzene rings is 1. The molecule has 2 rings (SSSR count). The first-order chi connectivity index (χ1) is 7.61. The van der Waals surface area contributed by atoms with Crippen LogP contribution in [0.25, 0.3) is 0 Å². The second kappa shape index (κ2) is 4.02. The average molecular weight is 223 g/mol. The van der Waals surface area contributed by atoms with Gasteiger partial charge in [-0.2, -0.15) is 0 Å². The summed E-state index contributed by atoms with van der Waals surface area (Å²) in [6, 6.07) is 3.84. The third kappa shape index (κ3) is 1.81. The van der Waals surface area contributed by atoms with Crippen LogP contribution in [0.5, 0.6) is 11.5 Å². The van der Waals surface area contributed by atoms with Gasteiger partial charge in [0.15, 0.2) is 0 Å². The lowest BCUT2D eigenvalue weighted by molar-refractivity contribution is 0.0359. The van der Waals surface area contributed by atoms with E-state index in [0.29, 0.717) is 13.1 Å². The van der Waals surface area contributed by atoms with Crippen LogP contribution in [0.15, 0.2) is 18.2 Å². The van der Waals surface area contributed by atoms with E-state index in [1.165, 1.54) is 23.1 Å². The number of rotatable bonds is 2. The Bertz CT molecular complexity index is 412. The normalized spacial score (nSPS) is 15.9. The number of amides is 1. The fraction of sp³-hybridized carbons (Fsp3) is 0.364. The van der Waals surface area contributed by atoms with E-state index in [1.54, 1.807) is 0 Å². The molecule has 1 aliphatic heterocycles. The molecule has 1 saturated heterocycles. The second-order valence-electron chi connectivity index (χ2n) is 3.96. The highest BCUT2D eigenvalue weighted by atomic mass is 16.3. The molecule has 5 heteroatoms. The smallest absolute Gasteiger partial charge is 0.257 e. The number of aromatic hydroxyl groups is 2. The van der Waals surface area contributed by atoms with Crippen LogP contribution in [-0.4, -0.2) is 45.8 Å². The number of likely N-dealkylation sites (tertiary alicyclic amines) is 1. The fourth-order valence-electron chi connectivity index (χ4n) is 1.72. The summed E-state index contributed by atoms with van der Waals surface area (Å²) in [5, 5.41) is 27.6. The quantitative estimate of drug-likeness (QED) is 0.624. The second-order valence-corrected chi connectivity index (χ2v) is 3.96. The predicted molar refractivity (Wildman–Crippen MR) is 56.3 cm³/mol. The van der Waals surface area contributed by atoms with E-state index in [0.717, 1.165) is 0 Å². The summed E-state index contributed by atoms with van der Waals surface area (Å²) in [7, 11) is 0. The van der Waals surface area contributed by atoms with Crippen molar-refractivity contribution in [2.24, 2.45) is 5.92 Å². The van der Waals surface area contributed by atoms with Crippen LogP contribution >= 0.6 is 0 Å². The Morgan fingerprint density at radius 2 is 2.06 bits per heavy atom. The summed E-state index contributed by atoms with van der Waals surface area (Å²) in [6.07, 6.45) is 0. The Morgan fingerprint density at radius 3 is 2.69 bits per heavy atom. The molecule has 1 heterocycles. The summed E-state index contributed by atoms with van der Waals surface area (Å²) in [4.78, 5) is 13.4. The molecule has 0 unspecified atom stereocenters. The topological polar surface area (TPSA) is 81.0 Å². The van der Waals surface area contributed by atoms with Gasteiger partial charge in [0.25, 0.3) is 5.91 Å². The van der Waals surface area contributed by atoms with Gasteiger partial charge in [-0.1, -0.05) is 0 Å². The molecule has 1 aromatic carbocycles. The molecular formula is C11H13NO4. The lowest BCUT2D eigenvalue weighted by atomic mass is 9.99. The predicted octanol–water partition coefficient (Wildman–Crippen LogP) is 0.162. The van der Waals surface area contributed by atoms with Gasteiger partial charge in [0.2, 0.25) is 0 Å². The zero-order valence-electron chi connectivity index (χ0n) is 8.63. The number of hydrogen-bond acceptors (Lipinski definition) is 4. The van der Waals surface area contributed by atoms with Crippen molar-refractivity contribution in [1.29, 1.82) is 0 Å². The summed E-state index contributed by atoms with van der Waals surface area (Å²) < 4.78 is 0. The van der Waals surface area contributed by atoms with Crippen molar-refractivity contribution < 1.29 is 20.1 Å². The average Bonchev–Trinajstić information content (AvgIpc) is 2.20. The minimum absolute atomic E-state index is 0.0552. The molecule has 1 aromatic rings. The molecular weight excluding hydrogens is 210 g/mol. The molecule has 3 N–H and O–H groups in total. The van der Waals surface area contributed by atoms with Gasteiger partial charge in [-0.25, -0.2) is 0 Å². The zero-order valence-corrected chi connectivity index (χ0v) is 8.63. The van der Waals surface area contributed by atoms with Gasteiger partial charge in [-0.15, -0.1) is 0 Å². The highest BCUT2D eigenvalue weighted by molar-refractivity contribution is 5.97. The maximum atomic E-state index is 11.8. The maximum Gasteiger partial charge on any atom is 0.257 e. The standard InChI is InChI=1S/C11H13NO4/c13-6-7-4-12(5-7)11(16)9-3-8(14)1-2-10(9)15/h1-3,7,13-15H,4-6H2. The van der Waals surface area contributed by atoms with E-state index in [9.17, 15) is 15.0 Å². The van der Waals surface area contributed by atoms with Crippen molar-refractivity contribution in [3.8, 4) is 11.5 Å². The van der Waals surface area contributed by atoms with Crippen LogP contribution in [0.3, 0.4) is 0 Å². The van der Waals surface area contributed by atoms with E-state index in [4.69, 9.17) is 5.11 Å². The Labute approximate surface area is 92.6 Å². The van der Waals surface area contributed by atoms with Gasteiger partial charge in [-0.3, -0.25) is 4.79 Å². The highest BCUT2D eigenvalue weighted by Gasteiger charge is 2.31. The number of carbonyl (C=O) groups is 1. The summed E-state index contributed by atoms with van der Waals surface area (Å²) in [5.41, 5.74) is 0.0939. The molecule has 86 valence electrons. The van der Waals surface area contributed by atoms with Crippen LogP contribution in [0.2, 0.25) is 0 Å². The van der Waals surface area contributed by atoms with Crippen LogP contribution in [-0.2, 0) is 0 Å². The van der Waals surface area contributed by atoms with Crippen LogP contribution in [0.1, 0.15) is 10.4 Å². The number of aliphatic hydroxyl groups is 1. The zero-order chi connectivity index (χ0) is 11.7. The Kier molecular flexibility index (Phi) is 2.70. The summed E-state index contributed by atoms with van der Waals surface area (Å²) in [6.45, 7) is 1.05. The van der Waals surface area contributed by atoms with Gasteiger partial charge in [-0.05, 0) is 18.2 Å². The van der Waals surface area contributed by atoms with Crippen molar-refractivity contribution in [3.63, 3.8) is 0 Å². The van der Waals surface area contributed by atoms with Crippen LogP contribution in [0.4, 0.5) is 0 Å². The highest BCUT2D eigenvalue weighted by Crippen LogP contribution is 2.26. The van der Waals surface area contributed by atoms with Gasteiger partial charge in [0.05, 0.1) is 5.56 Å². The van der Waals surface area contributed by atoms with Crippen LogP contribution in [0, 0.1) is 5.92 Å². The van der Waals surface area contributed by atoms with E-state index in [2.05, 4.69) is 0 Å². The largest absolute Gasteiger partial charge is 0.508 e. The molecule has 0 saturated carbocycles. The first-order valence-corrected chi connectivity index (χ1v) is 5.04. The Balaban J connectivity index is 2.13. The summed E-state index contributed by atoms with van der Waals surface area (Å²) >= 11 is 0. The number of hydrogen-bond donors (Lipinski definition) is 3. The third-order valence-corrected chi connectivity index (χ3v) is 2.71. The first-order valence-electron chi connectivity index (χ1n) is 5.04. The lowest BCUT2D eigenvalue weighted by Crippen LogP contribution is -2.51. The van der Waals surface area contributed by atoms with Crippen molar-refractivity contribution in [2.75, 3.05) is 19.7 Å². The molecule has 0 aromatic heterocycles. The Hall–Kier alpha value is -1.75. The van der Waals surface area contributed by atoms with Crippen molar-refractivity contribution in [2.45, 2.75) is 0 Å². The van der Waals surface area contributed by atoms with Gasteiger partial charge in [0.1, 0.15) is 11.5 Å². The van der Waals surface area contributed by atoms with E-state index >= 15 is 0 Å². The number of carbonyl (C=O) groups excluding carboxylic acids is 1. The third-order valence-electron chi connectivity index (χ3n) is 2.71. The molecule has 16 heavy (non-hydrogen) atoms. The lowest BCUT2D eigenvalue weighted by Gasteiger charge is -2.38. The van der Waals surface area contributed by atoms with E-state index in [-0.39, 0.29) is 35.5 Å². The molecule has 0 aliphatic carbocycles. The molecule has 5 nitrogen and oxygen atoms in total. The molecule has 0 atom stereocenters. The van der Waals surface area contributed by atoms with Gasteiger partial charge in [0, 0.05) is 25.6 Å². The van der Waals surface area contributed by atoms with E-state index in [1.807, 2.05) is 0 Å².